The molecule has 7 heteroatoms. The van der Waals surface area contributed by atoms with Crippen LogP contribution in [0, 0.1) is 5.82 Å². The van der Waals surface area contributed by atoms with Crippen LogP contribution in [0.1, 0.15) is 57.4 Å². The van der Waals surface area contributed by atoms with E-state index in [9.17, 15) is 18.8 Å². The predicted octanol–water partition coefficient (Wildman–Crippen LogP) is 2.56. The van der Waals surface area contributed by atoms with E-state index in [1.807, 2.05) is 0 Å². The second-order valence-corrected chi connectivity index (χ2v) is 7.19. The second-order valence-electron chi connectivity index (χ2n) is 7.19. The summed E-state index contributed by atoms with van der Waals surface area (Å²) in [4.78, 5) is 36.2. The molecule has 0 aliphatic heterocycles. The highest BCUT2D eigenvalue weighted by atomic mass is 19.1. The van der Waals surface area contributed by atoms with Crippen molar-refractivity contribution < 1.29 is 23.5 Å². The number of hydrogen-bond acceptors (Lipinski definition) is 4. The maximum Gasteiger partial charge on any atom is 0.308 e. The fourth-order valence-electron chi connectivity index (χ4n) is 3.36. The number of ether oxygens (including phenoxy) is 1. The molecule has 1 aromatic carbocycles. The fourth-order valence-corrected chi connectivity index (χ4v) is 3.36. The molecule has 0 spiro atoms. The summed E-state index contributed by atoms with van der Waals surface area (Å²) < 4.78 is 17.9. The number of methoxy groups -OCH3 is 1. The molecule has 0 bridgehead atoms. The number of hydrogen-bond donors (Lipinski definition) is 2. The number of benzene rings is 1. The van der Waals surface area contributed by atoms with Crippen molar-refractivity contribution in [2.24, 2.45) is 0 Å². The van der Waals surface area contributed by atoms with E-state index >= 15 is 0 Å². The van der Waals surface area contributed by atoms with Crippen LogP contribution in [-0.4, -0.2) is 30.9 Å². The van der Waals surface area contributed by atoms with Crippen LogP contribution in [0.4, 0.5) is 4.39 Å². The van der Waals surface area contributed by atoms with E-state index in [0.29, 0.717) is 5.56 Å². The molecule has 1 aliphatic carbocycles. The lowest BCUT2D eigenvalue weighted by atomic mass is 9.88. The van der Waals surface area contributed by atoms with E-state index in [0.717, 1.165) is 25.7 Å². The molecule has 0 heterocycles. The molecular weight excluding hydrogens is 351 g/mol. The van der Waals surface area contributed by atoms with Gasteiger partial charge in [0.25, 0.3) is 0 Å². The Labute approximate surface area is 158 Å². The van der Waals surface area contributed by atoms with Crippen molar-refractivity contribution in [3.63, 3.8) is 0 Å². The maximum atomic E-state index is 13.2. The molecule has 1 atom stereocenters. The first kappa shape index (κ1) is 20.9. The first-order valence-electron chi connectivity index (χ1n) is 9.25. The van der Waals surface area contributed by atoms with Gasteiger partial charge in [0.05, 0.1) is 19.1 Å². The lowest BCUT2D eigenvalue weighted by molar-refractivity contribution is -0.142. The van der Waals surface area contributed by atoms with Crippen LogP contribution < -0.4 is 10.6 Å². The zero-order valence-electron chi connectivity index (χ0n) is 15.8. The SMILES string of the molecule is COC(=O)C[C@@](C)(NC(=O)CCC(=O)NC1CCCC1)c1ccc(F)cc1. The Morgan fingerprint density at radius 3 is 2.30 bits per heavy atom. The monoisotopic (exact) mass is 378 g/mol. The average molecular weight is 378 g/mol. The first-order valence-corrected chi connectivity index (χ1v) is 9.25. The standard InChI is InChI=1S/C20H27FN2O4/c1-20(13-19(26)27-2,14-7-9-15(21)10-8-14)23-18(25)12-11-17(24)22-16-5-3-4-6-16/h7-10,16H,3-6,11-13H2,1-2H3,(H,22,24)(H,23,25)/t20-/m1/s1. The third kappa shape index (κ3) is 6.34. The van der Waals surface area contributed by atoms with Gasteiger partial charge in [-0.3, -0.25) is 14.4 Å². The molecule has 1 aromatic rings. The van der Waals surface area contributed by atoms with E-state index < -0.39 is 17.3 Å². The Hall–Kier alpha value is -2.44. The molecule has 1 saturated carbocycles. The van der Waals surface area contributed by atoms with Crippen LogP contribution >= 0.6 is 0 Å². The Morgan fingerprint density at radius 2 is 1.70 bits per heavy atom. The minimum absolute atomic E-state index is 0.0104. The number of carbonyl (C=O) groups is 3. The van der Waals surface area contributed by atoms with E-state index in [4.69, 9.17) is 4.74 Å². The van der Waals surface area contributed by atoms with Crippen molar-refractivity contribution in [2.75, 3.05) is 7.11 Å². The summed E-state index contributed by atoms with van der Waals surface area (Å²) in [6, 6.07) is 5.79. The molecule has 0 unspecified atom stereocenters. The molecule has 1 aliphatic rings. The summed E-state index contributed by atoms with van der Waals surface area (Å²) in [6.07, 6.45) is 4.20. The van der Waals surface area contributed by atoms with Crippen LogP contribution in [0.2, 0.25) is 0 Å². The molecule has 2 N–H and O–H groups in total. The summed E-state index contributed by atoms with van der Waals surface area (Å²) in [6.45, 7) is 1.67. The number of amides is 2. The number of carbonyl (C=O) groups excluding carboxylic acids is 3. The van der Waals surface area contributed by atoms with Crippen LogP contribution in [0.3, 0.4) is 0 Å². The molecule has 6 nitrogen and oxygen atoms in total. The Bertz CT molecular complexity index is 671. The Morgan fingerprint density at radius 1 is 1.11 bits per heavy atom. The van der Waals surface area contributed by atoms with Gasteiger partial charge in [0, 0.05) is 18.9 Å². The summed E-state index contributed by atoms with van der Waals surface area (Å²) in [7, 11) is 1.27. The van der Waals surface area contributed by atoms with Gasteiger partial charge in [0.2, 0.25) is 11.8 Å². The van der Waals surface area contributed by atoms with Gasteiger partial charge in [-0.25, -0.2) is 4.39 Å². The molecule has 0 saturated heterocycles. The molecule has 2 rings (SSSR count). The third-order valence-electron chi connectivity index (χ3n) is 4.92. The molecule has 0 radical (unpaired) electrons. The van der Waals surface area contributed by atoms with E-state index in [1.54, 1.807) is 6.92 Å². The van der Waals surface area contributed by atoms with Gasteiger partial charge >= 0.3 is 5.97 Å². The number of rotatable bonds is 8. The first-order chi connectivity index (χ1) is 12.8. The van der Waals surface area contributed by atoms with E-state index in [1.165, 1.54) is 31.4 Å². The molecule has 0 aromatic heterocycles. The molecular formula is C20H27FN2O4. The highest BCUT2D eigenvalue weighted by Crippen LogP contribution is 2.26. The normalized spacial score (nSPS) is 16.4. The molecule has 1 fully saturated rings. The van der Waals surface area contributed by atoms with Crippen molar-refractivity contribution in [2.45, 2.75) is 63.5 Å². The Kier molecular flexibility index (Phi) is 7.33. The lowest BCUT2D eigenvalue weighted by Gasteiger charge is -2.30. The topological polar surface area (TPSA) is 84.5 Å². The highest BCUT2D eigenvalue weighted by Gasteiger charge is 2.32. The smallest absolute Gasteiger partial charge is 0.308 e. The lowest BCUT2D eigenvalue weighted by Crippen LogP contribution is -2.45. The van der Waals surface area contributed by atoms with Crippen LogP contribution in [0.15, 0.2) is 24.3 Å². The minimum Gasteiger partial charge on any atom is -0.469 e. The second kappa shape index (κ2) is 9.48. The highest BCUT2D eigenvalue weighted by molar-refractivity contribution is 5.84. The van der Waals surface area contributed by atoms with Crippen LogP contribution in [-0.2, 0) is 24.7 Å². The van der Waals surface area contributed by atoms with Gasteiger partial charge in [-0.05, 0) is 37.5 Å². The number of nitrogens with one attached hydrogen (secondary N) is 2. The van der Waals surface area contributed by atoms with Gasteiger partial charge < -0.3 is 15.4 Å². The van der Waals surface area contributed by atoms with Gasteiger partial charge in [-0.1, -0.05) is 25.0 Å². The maximum absolute atomic E-state index is 13.2. The van der Waals surface area contributed by atoms with Crippen molar-refractivity contribution in [3.8, 4) is 0 Å². The number of halogens is 1. The quantitative estimate of drug-likeness (QED) is 0.681. The number of esters is 1. The van der Waals surface area contributed by atoms with Crippen LogP contribution in [0.5, 0.6) is 0 Å². The molecule has 2 amide bonds. The minimum atomic E-state index is -1.06. The van der Waals surface area contributed by atoms with E-state index in [-0.39, 0.29) is 37.1 Å². The van der Waals surface area contributed by atoms with Crippen molar-refractivity contribution >= 4 is 17.8 Å². The average Bonchev–Trinajstić information content (AvgIpc) is 3.13. The summed E-state index contributed by atoms with van der Waals surface area (Å²) in [5.74, 6) is -1.41. The van der Waals surface area contributed by atoms with Crippen LogP contribution in [0.25, 0.3) is 0 Å². The molecule has 148 valence electrons. The fraction of sp³-hybridized carbons (Fsp3) is 0.550. The van der Waals surface area contributed by atoms with Crippen molar-refractivity contribution in [1.82, 2.24) is 10.6 Å². The largest absolute Gasteiger partial charge is 0.469 e. The predicted molar refractivity (Wildman–Crippen MR) is 98.2 cm³/mol. The van der Waals surface area contributed by atoms with Gasteiger partial charge in [-0.15, -0.1) is 0 Å². The van der Waals surface area contributed by atoms with Crippen molar-refractivity contribution in [1.29, 1.82) is 0 Å². The van der Waals surface area contributed by atoms with Gasteiger partial charge in [0.1, 0.15) is 5.82 Å². The zero-order valence-corrected chi connectivity index (χ0v) is 15.8. The molecule has 27 heavy (non-hydrogen) atoms. The Balaban J connectivity index is 1.96. The summed E-state index contributed by atoms with van der Waals surface area (Å²) in [5, 5.41) is 5.74. The van der Waals surface area contributed by atoms with Crippen molar-refractivity contribution in [3.05, 3.63) is 35.6 Å². The van der Waals surface area contributed by atoms with Gasteiger partial charge in [-0.2, -0.15) is 0 Å². The third-order valence-corrected chi connectivity index (χ3v) is 4.92. The van der Waals surface area contributed by atoms with E-state index in [2.05, 4.69) is 10.6 Å². The summed E-state index contributed by atoms with van der Waals surface area (Å²) >= 11 is 0. The van der Waals surface area contributed by atoms with Gasteiger partial charge in [0.15, 0.2) is 0 Å². The zero-order chi connectivity index (χ0) is 19.9. The summed E-state index contributed by atoms with van der Waals surface area (Å²) in [5.41, 5.74) is -0.474.